The van der Waals surface area contributed by atoms with Gasteiger partial charge in [-0.05, 0) is 36.2 Å². The van der Waals surface area contributed by atoms with Gasteiger partial charge in [0.15, 0.2) is 0 Å². The van der Waals surface area contributed by atoms with Crippen LogP contribution in [0.2, 0.25) is 0 Å². The molecule has 0 unspecified atom stereocenters. The van der Waals surface area contributed by atoms with E-state index in [1.165, 1.54) is 4.88 Å². The van der Waals surface area contributed by atoms with E-state index >= 15 is 0 Å². The van der Waals surface area contributed by atoms with Gasteiger partial charge in [-0.2, -0.15) is 0 Å². The number of rotatable bonds is 7. The number of thiophene rings is 1. The van der Waals surface area contributed by atoms with Crippen LogP contribution in [0.4, 0.5) is 0 Å². The van der Waals surface area contributed by atoms with Crippen LogP contribution in [0.15, 0.2) is 17.5 Å². The van der Waals surface area contributed by atoms with Gasteiger partial charge in [-0.15, -0.1) is 11.3 Å². The Balaban J connectivity index is 2.21. The first-order valence-electron chi connectivity index (χ1n) is 6.03. The standard InChI is InChI=1S/C13H22N2OS/c1-13(2,7-8-14)6-5-12(16)15-10-11-4-3-9-17-11/h3-4,9H,5-8,10,14H2,1-2H3,(H,15,16). The molecule has 0 bridgehead atoms. The second kappa shape index (κ2) is 6.77. The smallest absolute Gasteiger partial charge is 0.220 e. The molecule has 1 rings (SSSR count). The van der Waals surface area contributed by atoms with E-state index in [0.717, 1.165) is 12.8 Å². The quantitative estimate of drug-likeness (QED) is 0.785. The zero-order valence-electron chi connectivity index (χ0n) is 10.7. The maximum atomic E-state index is 11.7. The zero-order chi connectivity index (χ0) is 12.7. The lowest BCUT2D eigenvalue weighted by Crippen LogP contribution is -2.25. The third-order valence-corrected chi connectivity index (χ3v) is 3.77. The summed E-state index contributed by atoms with van der Waals surface area (Å²) >= 11 is 1.67. The van der Waals surface area contributed by atoms with Crippen molar-refractivity contribution >= 4 is 17.2 Å². The molecule has 1 aromatic rings. The van der Waals surface area contributed by atoms with Gasteiger partial charge in [0.1, 0.15) is 0 Å². The minimum atomic E-state index is 0.128. The van der Waals surface area contributed by atoms with Crippen LogP contribution in [0.25, 0.3) is 0 Å². The highest BCUT2D eigenvalue weighted by molar-refractivity contribution is 7.09. The predicted octanol–water partition coefficient (Wildman–Crippen LogP) is 2.52. The van der Waals surface area contributed by atoms with Crippen LogP contribution in [0.1, 0.15) is 38.0 Å². The summed E-state index contributed by atoms with van der Waals surface area (Å²) in [6, 6.07) is 4.03. The largest absolute Gasteiger partial charge is 0.351 e. The second-order valence-corrected chi connectivity index (χ2v) is 6.09. The van der Waals surface area contributed by atoms with Gasteiger partial charge in [0.25, 0.3) is 0 Å². The average molecular weight is 254 g/mol. The molecule has 1 amide bonds. The molecule has 3 nitrogen and oxygen atoms in total. The zero-order valence-corrected chi connectivity index (χ0v) is 11.5. The fourth-order valence-corrected chi connectivity index (χ4v) is 2.30. The molecule has 3 N–H and O–H groups in total. The van der Waals surface area contributed by atoms with Gasteiger partial charge in [0.2, 0.25) is 5.91 Å². The first-order chi connectivity index (χ1) is 8.03. The summed E-state index contributed by atoms with van der Waals surface area (Å²) in [6.45, 7) is 5.65. The number of hydrogen-bond donors (Lipinski definition) is 2. The Hall–Kier alpha value is -0.870. The molecule has 0 spiro atoms. The van der Waals surface area contributed by atoms with Crippen LogP contribution in [-0.4, -0.2) is 12.5 Å². The molecular formula is C13H22N2OS. The summed E-state index contributed by atoms with van der Waals surface area (Å²) in [5.41, 5.74) is 5.71. The van der Waals surface area contributed by atoms with Crippen LogP contribution >= 0.6 is 11.3 Å². The molecule has 17 heavy (non-hydrogen) atoms. The first kappa shape index (κ1) is 14.2. The highest BCUT2D eigenvalue weighted by Gasteiger charge is 2.18. The van der Waals surface area contributed by atoms with Crippen molar-refractivity contribution in [3.8, 4) is 0 Å². The fourth-order valence-electron chi connectivity index (χ4n) is 1.65. The van der Waals surface area contributed by atoms with Gasteiger partial charge in [-0.1, -0.05) is 19.9 Å². The third kappa shape index (κ3) is 5.84. The molecule has 96 valence electrons. The van der Waals surface area contributed by atoms with E-state index in [9.17, 15) is 4.79 Å². The van der Waals surface area contributed by atoms with Gasteiger partial charge < -0.3 is 11.1 Å². The highest BCUT2D eigenvalue weighted by Crippen LogP contribution is 2.25. The molecule has 0 fully saturated rings. The maximum Gasteiger partial charge on any atom is 0.220 e. The Bertz CT molecular complexity index is 333. The van der Waals surface area contributed by atoms with E-state index in [2.05, 4.69) is 19.2 Å². The fraction of sp³-hybridized carbons (Fsp3) is 0.615. The summed E-state index contributed by atoms with van der Waals surface area (Å²) in [7, 11) is 0. The lowest BCUT2D eigenvalue weighted by Gasteiger charge is -2.23. The van der Waals surface area contributed by atoms with Gasteiger partial charge in [0.05, 0.1) is 6.54 Å². The molecule has 0 saturated heterocycles. The topological polar surface area (TPSA) is 55.1 Å². The molecule has 0 atom stereocenters. The SMILES string of the molecule is CC(C)(CCN)CCC(=O)NCc1cccs1. The molecule has 0 aliphatic carbocycles. The van der Waals surface area contributed by atoms with E-state index in [1.807, 2.05) is 17.5 Å². The van der Waals surface area contributed by atoms with Crippen molar-refractivity contribution < 1.29 is 4.79 Å². The minimum Gasteiger partial charge on any atom is -0.351 e. The van der Waals surface area contributed by atoms with Gasteiger partial charge >= 0.3 is 0 Å². The molecule has 0 aromatic carbocycles. The Morgan fingerprint density at radius 2 is 2.24 bits per heavy atom. The predicted molar refractivity (Wildman–Crippen MR) is 72.9 cm³/mol. The minimum absolute atomic E-state index is 0.128. The normalized spacial score (nSPS) is 11.5. The van der Waals surface area contributed by atoms with Crippen LogP contribution in [0.3, 0.4) is 0 Å². The van der Waals surface area contributed by atoms with Crippen LogP contribution in [-0.2, 0) is 11.3 Å². The Kier molecular flexibility index (Phi) is 5.65. The van der Waals surface area contributed by atoms with Crippen molar-refractivity contribution in [2.75, 3.05) is 6.54 Å². The second-order valence-electron chi connectivity index (χ2n) is 5.06. The molecule has 0 aliphatic rings. The summed E-state index contributed by atoms with van der Waals surface area (Å²) in [5, 5.41) is 4.96. The maximum absolute atomic E-state index is 11.7. The number of amides is 1. The van der Waals surface area contributed by atoms with Crippen molar-refractivity contribution in [2.24, 2.45) is 11.1 Å². The molecule has 0 radical (unpaired) electrons. The van der Waals surface area contributed by atoms with Crippen molar-refractivity contribution in [3.05, 3.63) is 22.4 Å². The highest BCUT2D eigenvalue weighted by atomic mass is 32.1. The van der Waals surface area contributed by atoms with Crippen molar-refractivity contribution in [1.29, 1.82) is 0 Å². The molecule has 0 saturated carbocycles. The van der Waals surface area contributed by atoms with Crippen LogP contribution in [0, 0.1) is 5.41 Å². The lowest BCUT2D eigenvalue weighted by molar-refractivity contribution is -0.121. The average Bonchev–Trinajstić information content (AvgIpc) is 2.76. The summed E-state index contributed by atoms with van der Waals surface area (Å²) < 4.78 is 0. The number of nitrogens with two attached hydrogens (primary N) is 1. The lowest BCUT2D eigenvalue weighted by atomic mass is 9.84. The summed E-state index contributed by atoms with van der Waals surface area (Å²) in [4.78, 5) is 12.8. The van der Waals surface area contributed by atoms with Gasteiger partial charge in [0, 0.05) is 11.3 Å². The number of nitrogens with one attached hydrogen (secondary N) is 1. The van der Waals surface area contributed by atoms with E-state index < -0.39 is 0 Å². The first-order valence-corrected chi connectivity index (χ1v) is 6.90. The molecule has 1 heterocycles. The Morgan fingerprint density at radius 1 is 1.47 bits per heavy atom. The monoisotopic (exact) mass is 254 g/mol. The number of carbonyl (C=O) groups excluding carboxylic acids is 1. The number of carbonyl (C=O) groups is 1. The molecule has 0 aliphatic heterocycles. The van der Waals surface area contributed by atoms with Crippen LogP contribution in [0.5, 0.6) is 0 Å². The molecule has 4 heteroatoms. The molecular weight excluding hydrogens is 232 g/mol. The van der Waals surface area contributed by atoms with Crippen molar-refractivity contribution in [3.63, 3.8) is 0 Å². The summed E-state index contributed by atoms with van der Waals surface area (Å²) in [5.74, 6) is 0.128. The van der Waals surface area contributed by atoms with E-state index in [0.29, 0.717) is 19.5 Å². The number of hydrogen-bond acceptors (Lipinski definition) is 3. The summed E-state index contributed by atoms with van der Waals surface area (Å²) in [6.07, 6.45) is 2.43. The van der Waals surface area contributed by atoms with E-state index in [1.54, 1.807) is 11.3 Å². The van der Waals surface area contributed by atoms with Gasteiger partial charge in [-0.3, -0.25) is 4.79 Å². The Labute approximate surface area is 107 Å². The van der Waals surface area contributed by atoms with Crippen molar-refractivity contribution in [2.45, 2.75) is 39.7 Å². The van der Waals surface area contributed by atoms with E-state index in [4.69, 9.17) is 5.73 Å². The van der Waals surface area contributed by atoms with Gasteiger partial charge in [-0.25, -0.2) is 0 Å². The van der Waals surface area contributed by atoms with E-state index in [-0.39, 0.29) is 11.3 Å². The molecule has 1 aromatic heterocycles. The Morgan fingerprint density at radius 3 is 2.82 bits per heavy atom. The third-order valence-electron chi connectivity index (χ3n) is 2.89. The van der Waals surface area contributed by atoms with Crippen LogP contribution < -0.4 is 11.1 Å². The van der Waals surface area contributed by atoms with Crippen molar-refractivity contribution in [1.82, 2.24) is 5.32 Å².